The normalized spacial score (nSPS) is 12.7. The number of hydrogen-bond acceptors (Lipinski definition) is 4. The minimum Gasteiger partial charge on any atom is -0.456 e. The number of fused-ring (bicyclic) bond motifs is 5. The molecule has 7 aromatic rings. The van der Waals surface area contributed by atoms with Gasteiger partial charge in [0.05, 0.1) is 29.0 Å². The third-order valence-electron chi connectivity index (χ3n) is 9.29. The lowest BCUT2D eigenvalue weighted by Gasteiger charge is -2.28. The molecule has 222 valence electrons. The number of rotatable bonds is 4. The van der Waals surface area contributed by atoms with Gasteiger partial charge in [-0.25, -0.2) is 4.85 Å². The van der Waals surface area contributed by atoms with Crippen LogP contribution >= 0.6 is 0 Å². The van der Waals surface area contributed by atoms with Crippen molar-refractivity contribution >= 4 is 44.7 Å². The Morgan fingerprint density at radius 3 is 2.04 bits per heavy atom. The fourth-order valence-electron chi connectivity index (χ4n) is 6.91. The van der Waals surface area contributed by atoms with Gasteiger partial charge in [0, 0.05) is 22.5 Å². The predicted molar refractivity (Wildman–Crippen MR) is 189 cm³/mol. The van der Waals surface area contributed by atoms with Gasteiger partial charge in [0.1, 0.15) is 11.2 Å². The molecule has 0 bridgehead atoms. The van der Waals surface area contributed by atoms with Crippen molar-refractivity contribution in [1.29, 1.82) is 5.26 Å². The molecule has 47 heavy (non-hydrogen) atoms. The monoisotopic (exact) mass is 605 g/mol. The molecule has 0 fully saturated rings. The van der Waals surface area contributed by atoms with Crippen molar-refractivity contribution in [3.8, 4) is 28.3 Å². The zero-order chi connectivity index (χ0) is 32.3. The fraction of sp³-hybridized carbons (Fsp3) is 0.0714. The Morgan fingerprint density at radius 1 is 0.681 bits per heavy atom. The van der Waals surface area contributed by atoms with Gasteiger partial charge < -0.3 is 9.32 Å². The Bertz CT molecular complexity index is 2500. The third kappa shape index (κ3) is 4.41. The van der Waals surface area contributed by atoms with Crippen LogP contribution in [0.15, 0.2) is 137 Å². The highest BCUT2D eigenvalue weighted by Gasteiger charge is 2.37. The van der Waals surface area contributed by atoms with Crippen LogP contribution in [-0.4, -0.2) is 0 Å². The van der Waals surface area contributed by atoms with Gasteiger partial charge in [-0.2, -0.15) is 5.26 Å². The summed E-state index contributed by atoms with van der Waals surface area (Å²) < 4.78 is 6.38. The average Bonchev–Trinajstić information content (AvgIpc) is 3.33. The fourth-order valence-corrected chi connectivity index (χ4v) is 6.91. The molecule has 1 heterocycles. The maximum atomic E-state index is 14.1. The van der Waals surface area contributed by atoms with Crippen LogP contribution in [0, 0.1) is 17.9 Å². The van der Waals surface area contributed by atoms with Crippen LogP contribution in [-0.2, 0) is 5.41 Å². The summed E-state index contributed by atoms with van der Waals surface area (Å²) in [5, 5.41) is 10.4. The molecule has 0 unspecified atom stereocenters. The van der Waals surface area contributed by atoms with E-state index in [1.807, 2.05) is 54.6 Å². The molecule has 6 aromatic carbocycles. The van der Waals surface area contributed by atoms with Crippen molar-refractivity contribution in [2.75, 3.05) is 4.90 Å². The first kappa shape index (κ1) is 28.1. The lowest BCUT2D eigenvalue weighted by atomic mass is 9.82. The molecule has 0 N–H and O–H groups in total. The first-order chi connectivity index (χ1) is 22.9. The standard InChI is InChI=1S/C42H27N3O2/c1-42(2)36-22-30(45(28-10-6-4-7-11-28)29-12-8-5-9-13-29)16-17-31(36)33-24-40-35(23-37(33)42)41(46)34-21-27(15-19-39(34)47-40)32-20-26(25-43)14-18-38(32)44-3/h4-24H,1-2H3. The van der Waals surface area contributed by atoms with E-state index in [9.17, 15) is 10.1 Å². The molecule has 1 aromatic heterocycles. The van der Waals surface area contributed by atoms with Crippen molar-refractivity contribution in [3.63, 3.8) is 0 Å². The number of anilines is 3. The summed E-state index contributed by atoms with van der Waals surface area (Å²) in [4.78, 5) is 20.0. The predicted octanol–water partition coefficient (Wildman–Crippen LogP) is 10.8. The minimum atomic E-state index is -0.376. The second kappa shape index (κ2) is 10.6. The summed E-state index contributed by atoms with van der Waals surface area (Å²) in [6.07, 6.45) is 0. The van der Waals surface area contributed by atoms with Crippen LogP contribution in [0.2, 0.25) is 0 Å². The van der Waals surface area contributed by atoms with Gasteiger partial charge in [0.25, 0.3) is 0 Å². The minimum absolute atomic E-state index is 0.126. The van der Waals surface area contributed by atoms with E-state index in [2.05, 4.69) is 72.1 Å². The van der Waals surface area contributed by atoms with E-state index in [0.29, 0.717) is 44.3 Å². The lowest BCUT2D eigenvalue weighted by Crippen LogP contribution is -2.17. The third-order valence-corrected chi connectivity index (χ3v) is 9.29. The second-order valence-electron chi connectivity index (χ2n) is 12.4. The van der Waals surface area contributed by atoms with E-state index < -0.39 is 0 Å². The van der Waals surface area contributed by atoms with Crippen molar-refractivity contribution in [2.24, 2.45) is 0 Å². The molecular formula is C42H27N3O2. The number of nitrogens with zero attached hydrogens (tertiary/aromatic N) is 3. The highest BCUT2D eigenvalue weighted by molar-refractivity contribution is 5.97. The molecule has 1 aliphatic rings. The van der Waals surface area contributed by atoms with Crippen molar-refractivity contribution in [2.45, 2.75) is 19.3 Å². The second-order valence-corrected chi connectivity index (χ2v) is 12.4. The number of nitriles is 1. The quantitative estimate of drug-likeness (QED) is 0.148. The van der Waals surface area contributed by atoms with E-state index in [-0.39, 0.29) is 10.8 Å². The molecule has 0 atom stereocenters. The molecule has 8 rings (SSSR count). The maximum Gasteiger partial charge on any atom is 0.200 e. The van der Waals surface area contributed by atoms with Crippen molar-refractivity contribution < 1.29 is 4.42 Å². The summed E-state index contributed by atoms with van der Waals surface area (Å²) in [6, 6.07) is 43.8. The molecule has 1 aliphatic carbocycles. The van der Waals surface area contributed by atoms with E-state index in [1.54, 1.807) is 30.3 Å². The zero-order valence-corrected chi connectivity index (χ0v) is 25.8. The van der Waals surface area contributed by atoms with Crippen LogP contribution in [0.5, 0.6) is 0 Å². The Labute approximate surface area is 272 Å². The van der Waals surface area contributed by atoms with Crippen LogP contribution in [0.1, 0.15) is 30.5 Å². The van der Waals surface area contributed by atoms with Crippen LogP contribution in [0.4, 0.5) is 22.7 Å². The van der Waals surface area contributed by atoms with Gasteiger partial charge >= 0.3 is 0 Å². The molecule has 0 saturated heterocycles. The molecule has 0 saturated carbocycles. The van der Waals surface area contributed by atoms with Gasteiger partial charge in [-0.05, 0) is 100 Å². The maximum absolute atomic E-state index is 14.1. The number of para-hydroxylation sites is 2. The first-order valence-electron chi connectivity index (χ1n) is 15.4. The Balaban J connectivity index is 1.28. The molecular weight excluding hydrogens is 578 g/mol. The molecule has 5 heteroatoms. The highest BCUT2D eigenvalue weighted by atomic mass is 16.3. The van der Waals surface area contributed by atoms with Crippen LogP contribution in [0.3, 0.4) is 0 Å². The highest BCUT2D eigenvalue weighted by Crippen LogP contribution is 2.51. The lowest BCUT2D eigenvalue weighted by molar-refractivity contribution is 0.652. The smallest absolute Gasteiger partial charge is 0.200 e. The molecule has 5 nitrogen and oxygen atoms in total. The van der Waals surface area contributed by atoms with Crippen LogP contribution < -0.4 is 10.3 Å². The first-order valence-corrected chi connectivity index (χ1v) is 15.4. The average molecular weight is 606 g/mol. The summed E-state index contributed by atoms with van der Waals surface area (Å²) in [5.41, 5.74) is 10.3. The van der Waals surface area contributed by atoms with E-state index >= 15 is 0 Å². The van der Waals surface area contributed by atoms with E-state index in [4.69, 9.17) is 11.0 Å². The Kier molecular flexibility index (Phi) is 6.32. The van der Waals surface area contributed by atoms with E-state index in [1.165, 1.54) is 5.56 Å². The van der Waals surface area contributed by atoms with Crippen molar-refractivity contribution in [3.05, 3.63) is 166 Å². The number of hydrogen-bond donors (Lipinski definition) is 0. The van der Waals surface area contributed by atoms with Gasteiger partial charge in [-0.3, -0.25) is 4.79 Å². The topological polar surface area (TPSA) is 61.6 Å². The SMILES string of the molecule is [C-]#[N+]c1ccc(C#N)cc1-c1ccc2oc3cc4c(cc3c(=O)c2c1)C(C)(C)c1cc(N(c2ccccc2)c2ccccc2)ccc1-4. The van der Waals surface area contributed by atoms with Gasteiger partial charge in [-0.15, -0.1) is 0 Å². The summed E-state index contributed by atoms with van der Waals surface area (Å²) in [7, 11) is 0. The number of benzene rings is 6. The van der Waals surface area contributed by atoms with Crippen molar-refractivity contribution in [1.82, 2.24) is 0 Å². The summed E-state index contributed by atoms with van der Waals surface area (Å²) in [6.45, 7) is 12.0. The molecule has 0 amide bonds. The Hall–Kier alpha value is -6.43. The van der Waals surface area contributed by atoms with Crippen LogP contribution in [0.25, 0.3) is 49.0 Å². The Morgan fingerprint density at radius 2 is 1.36 bits per heavy atom. The summed E-state index contributed by atoms with van der Waals surface area (Å²) in [5.74, 6) is 0. The van der Waals surface area contributed by atoms with Gasteiger partial charge in [-0.1, -0.05) is 74.5 Å². The molecule has 0 spiro atoms. The molecule has 0 aliphatic heterocycles. The molecule has 0 radical (unpaired) electrons. The van der Waals surface area contributed by atoms with E-state index in [0.717, 1.165) is 33.8 Å². The summed E-state index contributed by atoms with van der Waals surface area (Å²) >= 11 is 0. The zero-order valence-electron chi connectivity index (χ0n) is 25.8. The van der Waals surface area contributed by atoms with Gasteiger partial charge in [0.15, 0.2) is 5.69 Å². The van der Waals surface area contributed by atoms with Gasteiger partial charge in [0.2, 0.25) is 5.43 Å². The largest absolute Gasteiger partial charge is 0.456 e.